The van der Waals surface area contributed by atoms with Gasteiger partial charge in [0.05, 0.1) is 22.1 Å². The molecule has 2 heteroatoms. The Balaban J connectivity index is 0.964. The Kier molecular flexibility index (Phi) is 8.38. The predicted molar refractivity (Wildman–Crippen MR) is 282 cm³/mol. The first-order valence-corrected chi connectivity index (χ1v) is 23.3. The zero-order chi connectivity index (χ0) is 44.0. The molecule has 1 atom stereocenters. The number of rotatable bonds is 6. The molecular formula is C65H42N2. The highest BCUT2D eigenvalue weighted by Gasteiger charge is 2.32. The number of benzene rings is 11. The van der Waals surface area contributed by atoms with Crippen LogP contribution in [0.2, 0.25) is 0 Å². The van der Waals surface area contributed by atoms with Crippen LogP contribution < -0.4 is 0 Å². The number of aromatic nitrogens is 2. The van der Waals surface area contributed by atoms with Gasteiger partial charge in [-0.1, -0.05) is 182 Å². The van der Waals surface area contributed by atoms with Gasteiger partial charge in [-0.05, 0) is 139 Å². The molecule has 2 heterocycles. The van der Waals surface area contributed by atoms with E-state index in [1.807, 2.05) is 0 Å². The first-order valence-electron chi connectivity index (χ1n) is 23.3. The van der Waals surface area contributed by atoms with Crippen LogP contribution in [0.3, 0.4) is 0 Å². The van der Waals surface area contributed by atoms with Gasteiger partial charge in [0.15, 0.2) is 0 Å². The summed E-state index contributed by atoms with van der Waals surface area (Å²) in [5, 5.41) is 7.53. The Labute approximate surface area is 388 Å². The van der Waals surface area contributed by atoms with Gasteiger partial charge in [0.25, 0.3) is 0 Å². The van der Waals surface area contributed by atoms with Crippen molar-refractivity contribution in [2.45, 2.75) is 5.92 Å². The number of fused-ring (bicyclic) bond motifs is 10. The normalized spacial score (nSPS) is 13.2. The second-order valence-electron chi connectivity index (χ2n) is 18.1. The van der Waals surface area contributed by atoms with Crippen LogP contribution in [0.4, 0.5) is 0 Å². The van der Waals surface area contributed by atoms with E-state index in [0.717, 1.165) is 11.4 Å². The van der Waals surface area contributed by atoms with E-state index >= 15 is 0 Å². The van der Waals surface area contributed by atoms with Gasteiger partial charge in [-0.25, -0.2) is 0 Å². The highest BCUT2D eigenvalue weighted by Crippen LogP contribution is 2.51. The fourth-order valence-corrected chi connectivity index (χ4v) is 11.2. The van der Waals surface area contributed by atoms with Crippen molar-refractivity contribution < 1.29 is 0 Å². The molecule has 1 aliphatic rings. The van der Waals surface area contributed by atoms with Gasteiger partial charge < -0.3 is 9.13 Å². The standard InChI is InChI=1S/C65H42N2/c1-3-14-42(15-4-1)45-28-32-51(33-29-45)66-61-25-12-11-23-54(61)57-38-48(30-34-62(57)66)49-31-35-63-58(39-49)59-40-56-53-22-9-10-24-55(53)65(50-27-26-44-18-7-8-19-46(44)36-50)60(56)41-64(59)67(63)52-21-13-20-47(37-52)43-16-5-2-6-17-43/h1-41,65H. The van der Waals surface area contributed by atoms with Crippen molar-refractivity contribution >= 4 is 54.4 Å². The summed E-state index contributed by atoms with van der Waals surface area (Å²) >= 11 is 0. The van der Waals surface area contributed by atoms with Crippen LogP contribution in [-0.2, 0) is 0 Å². The first-order chi connectivity index (χ1) is 33.2. The summed E-state index contributed by atoms with van der Waals surface area (Å²) in [5.74, 6) is 0.119. The summed E-state index contributed by atoms with van der Waals surface area (Å²) in [6, 6.07) is 92.1. The van der Waals surface area contributed by atoms with Crippen LogP contribution in [0.5, 0.6) is 0 Å². The molecular weight excluding hydrogens is 809 g/mol. The number of nitrogens with zero attached hydrogens (tertiary/aromatic N) is 2. The first kappa shape index (κ1) is 37.6. The Morgan fingerprint density at radius 2 is 0.806 bits per heavy atom. The molecule has 0 N–H and O–H groups in total. The van der Waals surface area contributed by atoms with E-state index in [1.165, 1.54) is 116 Å². The lowest BCUT2D eigenvalue weighted by atomic mass is 9.88. The third-order valence-corrected chi connectivity index (χ3v) is 14.4. The van der Waals surface area contributed by atoms with Crippen molar-refractivity contribution in [2.75, 3.05) is 0 Å². The molecule has 2 nitrogen and oxygen atoms in total. The lowest BCUT2D eigenvalue weighted by Crippen LogP contribution is -2.00. The van der Waals surface area contributed by atoms with Gasteiger partial charge in [-0.2, -0.15) is 0 Å². The molecule has 0 saturated carbocycles. The zero-order valence-corrected chi connectivity index (χ0v) is 36.6. The minimum atomic E-state index is 0.119. The Morgan fingerprint density at radius 1 is 0.254 bits per heavy atom. The van der Waals surface area contributed by atoms with E-state index in [9.17, 15) is 0 Å². The van der Waals surface area contributed by atoms with E-state index in [4.69, 9.17) is 0 Å². The molecule has 0 bridgehead atoms. The molecule has 0 radical (unpaired) electrons. The predicted octanol–water partition coefficient (Wildman–Crippen LogP) is 17.2. The third-order valence-electron chi connectivity index (χ3n) is 14.4. The average Bonchev–Trinajstić information content (AvgIpc) is 4.03. The summed E-state index contributed by atoms with van der Waals surface area (Å²) in [7, 11) is 0. The maximum Gasteiger partial charge on any atom is 0.0544 e. The molecule has 67 heavy (non-hydrogen) atoms. The smallest absolute Gasteiger partial charge is 0.0544 e. The topological polar surface area (TPSA) is 9.86 Å². The quantitative estimate of drug-likeness (QED) is 0.158. The van der Waals surface area contributed by atoms with E-state index in [1.54, 1.807) is 0 Å². The molecule has 1 unspecified atom stereocenters. The molecule has 11 aromatic carbocycles. The molecule has 0 spiro atoms. The Morgan fingerprint density at radius 3 is 1.58 bits per heavy atom. The molecule has 14 rings (SSSR count). The van der Waals surface area contributed by atoms with E-state index < -0.39 is 0 Å². The van der Waals surface area contributed by atoms with Crippen molar-refractivity contribution in [1.29, 1.82) is 0 Å². The zero-order valence-electron chi connectivity index (χ0n) is 36.6. The van der Waals surface area contributed by atoms with Gasteiger partial charge in [0, 0.05) is 38.8 Å². The third kappa shape index (κ3) is 5.97. The summed E-state index contributed by atoms with van der Waals surface area (Å²) in [5.41, 5.74) is 21.0. The van der Waals surface area contributed by atoms with Gasteiger partial charge in [0.2, 0.25) is 0 Å². The minimum absolute atomic E-state index is 0.119. The summed E-state index contributed by atoms with van der Waals surface area (Å²) in [6.07, 6.45) is 0. The SMILES string of the molecule is c1ccc(-c2ccc(-n3c4ccccc4c4cc(-c5ccc6c(c5)c5cc7c(cc5n6-c5cccc(-c6ccccc6)c5)C(c5ccc6ccccc6c5)c5ccccc5-7)ccc43)cc2)cc1. The van der Waals surface area contributed by atoms with Crippen LogP contribution >= 0.6 is 0 Å². The number of hydrogen-bond acceptors (Lipinski definition) is 0. The second kappa shape index (κ2) is 14.9. The fraction of sp³-hybridized carbons (Fsp3) is 0.0154. The molecule has 312 valence electrons. The van der Waals surface area contributed by atoms with E-state index in [0.29, 0.717) is 0 Å². The van der Waals surface area contributed by atoms with Crippen molar-refractivity contribution in [3.8, 4) is 55.9 Å². The largest absolute Gasteiger partial charge is 0.309 e. The molecule has 13 aromatic rings. The summed E-state index contributed by atoms with van der Waals surface area (Å²) in [4.78, 5) is 0. The van der Waals surface area contributed by atoms with E-state index in [-0.39, 0.29) is 5.92 Å². The van der Waals surface area contributed by atoms with Crippen LogP contribution in [0.15, 0.2) is 249 Å². The number of para-hydroxylation sites is 1. The Bertz CT molecular complexity index is 4080. The molecule has 0 amide bonds. The molecule has 0 fully saturated rings. The van der Waals surface area contributed by atoms with Crippen molar-refractivity contribution in [3.63, 3.8) is 0 Å². The molecule has 0 aliphatic heterocycles. The monoisotopic (exact) mass is 850 g/mol. The average molecular weight is 851 g/mol. The highest BCUT2D eigenvalue weighted by atomic mass is 15.0. The van der Waals surface area contributed by atoms with Gasteiger partial charge >= 0.3 is 0 Å². The highest BCUT2D eigenvalue weighted by molar-refractivity contribution is 6.14. The lowest BCUT2D eigenvalue weighted by molar-refractivity contribution is 1.02. The molecule has 1 aliphatic carbocycles. The maximum atomic E-state index is 2.51. The maximum absolute atomic E-state index is 2.51. The lowest BCUT2D eigenvalue weighted by Gasteiger charge is -2.16. The van der Waals surface area contributed by atoms with Crippen molar-refractivity contribution in [3.05, 3.63) is 265 Å². The van der Waals surface area contributed by atoms with Crippen LogP contribution in [0, 0.1) is 0 Å². The van der Waals surface area contributed by atoms with Gasteiger partial charge in [0.1, 0.15) is 0 Å². The van der Waals surface area contributed by atoms with Crippen molar-refractivity contribution in [2.24, 2.45) is 0 Å². The summed E-state index contributed by atoms with van der Waals surface area (Å²) < 4.78 is 4.91. The van der Waals surface area contributed by atoms with E-state index in [2.05, 4.69) is 258 Å². The molecule has 0 saturated heterocycles. The van der Waals surface area contributed by atoms with Crippen LogP contribution in [-0.4, -0.2) is 9.13 Å². The Hall–Kier alpha value is -8.72. The minimum Gasteiger partial charge on any atom is -0.309 e. The van der Waals surface area contributed by atoms with Crippen LogP contribution in [0.25, 0.3) is 110 Å². The van der Waals surface area contributed by atoms with Crippen LogP contribution in [0.1, 0.15) is 22.6 Å². The fourth-order valence-electron chi connectivity index (χ4n) is 11.2. The van der Waals surface area contributed by atoms with Crippen molar-refractivity contribution in [1.82, 2.24) is 9.13 Å². The summed E-state index contributed by atoms with van der Waals surface area (Å²) in [6.45, 7) is 0. The molecule has 2 aromatic heterocycles. The second-order valence-corrected chi connectivity index (χ2v) is 18.1. The van der Waals surface area contributed by atoms with Gasteiger partial charge in [-0.3, -0.25) is 0 Å². The van der Waals surface area contributed by atoms with Gasteiger partial charge in [-0.15, -0.1) is 0 Å². The number of hydrogen-bond donors (Lipinski definition) is 0.